The number of hydrogen-bond acceptors (Lipinski definition) is 7. The molecule has 6 rings (SSSR count). The molecule has 1 fully saturated rings. The molecule has 8 nitrogen and oxygen atoms in total. The predicted octanol–water partition coefficient (Wildman–Crippen LogP) is 6.59. The van der Waals surface area contributed by atoms with Crippen LogP contribution in [0.4, 0.5) is 5.13 Å². The number of aryl methyl sites for hydroxylation is 1. The molecule has 1 N–H and O–H groups in total. The number of thiazole rings is 1. The van der Waals surface area contributed by atoms with Crippen LogP contribution in [0.1, 0.15) is 74.0 Å². The van der Waals surface area contributed by atoms with E-state index in [2.05, 4.69) is 29.2 Å². The smallest absolute Gasteiger partial charge is 0.223 e. The Balaban J connectivity index is 1.25. The lowest BCUT2D eigenvalue weighted by Crippen LogP contribution is -2.35. The van der Waals surface area contributed by atoms with E-state index >= 15 is 0 Å². The Labute approximate surface area is 251 Å². The lowest BCUT2D eigenvalue weighted by molar-refractivity contribution is -0.114. The number of nitrogens with zero attached hydrogens (tertiary/aromatic N) is 5. The summed E-state index contributed by atoms with van der Waals surface area (Å²) >= 11 is 1.48. The highest BCUT2D eigenvalue weighted by Gasteiger charge is 2.30. The number of aromatic nitrogens is 4. The van der Waals surface area contributed by atoms with Crippen LogP contribution in [0.15, 0.2) is 48.8 Å². The normalized spacial score (nSPS) is 18.0. The molecule has 4 aromatic rings. The predicted molar refractivity (Wildman–Crippen MR) is 167 cm³/mol. The van der Waals surface area contributed by atoms with Crippen molar-refractivity contribution in [2.75, 3.05) is 18.9 Å². The van der Waals surface area contributed by atoms with Crippen LogP contribution in [-0.4, -0.2) is 56.0 Å². The Kier molecular flexibility index (Phi) is 8.31. The van der Waals surface area contributed by atoms with E-state index in [1.54, 1.807) is 6.20 Å². The van der Waals surface area contributed by atoms with Crippen LogP contribution >= 0.6 is 11.3 Å². The first-order valence-corrected chi connectivity index (χ1v) is 15.9. The van der Waals surface area contributed by atoms with E-state index < -0.39 is 0 Å². The second-order valence-corrected chi connectivity index (χ2v) is 12.6. The van der Waals surface area contributed by atoms with E-state index in [0.29, 0.717) is 23.5 Å². The summed E-state index contributed by atoms with van der Waals surface area (Å²) in [7, 11) is 2.23. The van der Waals surface area contributed by atoms with Crippen LogP contribution in [0.3, 0.4) is 0 Å². The molecule has 1 aromatic carbocycles. The molecule has 42 heavy (non-hydrogen) atoms. The van der Waals surface area contributed by atoms with Gasteiger partial charge in [-0.25, -0.2) is 9.67 Å². The van der Waals surface area contributed by atoms with Gasteiger partial charge in [0.05, 0.1) is 27.6 Å². The molecular weight excluding hydrogens is 544 g/mol. The van der Waals surface area contributed by atoms with Gasteiger partial charge in [0.15, 0.2) is 10.9 Å². The van der Waals surface area contributed by atoms with Gasteiger partial charge in [0.2, 0.25) is 5.91 Å². The minimum atomic E-state index is -0.136. The highest BCUT2D eigenvalue weighted by Crippen LogP contribution is 2.44. The summed E-state index contributed by atoms with van der Waals surface area (Å²) in [5.74, 6) is 0.546. The van der Waals surface area contributed by atoms with Crippen molar-refractivity contribution in [1.29, 1.82) is 0 Å². The molecule has 1 saturated carbocycles. The number of fused-ring (bicyclic) bond motifs is 3. The third-order valence-corrected chi connectivity index (χ3v) is 9.67. The quantitative estimate of drug-likeness (QED) is 0.224. The van der Waals surface area contributed by atoms with Gasteiger partial charge < -0.3 is 10.2 Å². The molecule has 9 heteroatoms. The van der Waals surface area contributed by atoms with Gasteiger partial charge in [-0.1, -0.05) is 18.3 Å². The van der Waals surface area contributed by atoms with Gasteiger partial charge in [0.1, 0.15) is 0 Å². The summed E-state index contributed by atoms with van der Waals surface area (Å²) in [6.07, 6.45) is 11.6. The maximum absolute atomic E-state index is 13.3. The fourth-order valence-corrected chi connectivity index (χ4v) is 7.61. The highest BCUT2D eigenvalue weighted by molar-refractivity contribution is 7.19. The summed E-state index contributed by atoms with van der Waals surface area (Å²) < 4.78 is 1.97. The maximum Gasteiger partial charge on any atom is 0.223 e. The van der Waals surface area contributed by atoms with Crippen LogP contribution in [0.25, 0.3) is 27.5 Å². The molecule has 2 aliphatic rings. The molecule has 1 amide bonds. The van der Waals surface area contributed by atoms with E-state index in [1.165, 1.54) is 37.5 Å². The summed E-state index contributed by atoms with van der Waals surface area (Å²) in [4.78, 5) is 37.5. The van der Waals surface area contributed by atoms with Gasteiger partial charge in [0.25, 0.3) is 0 Å². The summed E-state index contributed by atoms with van der Waals surface area (Å²) in [5, 5.41) is 8.53. The second kappa shape index (κ2) is 12.3. The van der Waals surface area contributed by atoms with Crippen molar-refractivity contribution in [2.24, 2.45) is 5.92 Å². The topological polar surface area (TPSA) is 93.0 Å². The molecule has 0 unspecified atom stereocenters. The van der Waals surface area contributed by atoms with Crippen LogP contribution in [-0.2, 0) is 17.6 Å². The second-order valence-electron chi connectivity index (χ2n) is 11.6. The molecule has 0 atom stereocenters. The molecule has 0 aliphatic heterocycles. The van der Waals surface area contributed by atoms with Crippen LogP contribution in [0.2, 0.25) is 0 Å². The zero-order valence-electron chi connectivity index (χ0n) is 24.6. The third-order valence-electron chi connectivity index (χ3n) is 8.65. The Bertz CT molecular complexity index is 1570. The first kappa shape index (κ1) is 28.4. The van der Waals surface area contributed by atoms with Crippen molar-refractivity contribution >= 4 is 28.2 Å². The Morgan fingerprint density at radius 3 is 2.57 bits per heavy atom. The minimum Gasteiger partial charge on any atom is -0.303 e. The molecule has 0 saturated heterocycles. The largest absolute Gasteiger partial charge is 0.303 e. The lowest BCUT2D eigenvalue weighted by Gasteiger charge is -2.34. The monoisotopic (exact) mass is 582 g/mol. The molecule has 3 heterocycles. The molecule has 2 aliphatic carbocycles. The first-order valence-electron chi connectivity index (χ1n) is 15.0. The van der Waals surface area contributed by atoms with Crippen molar-refractivity contribution in [3.63, 3.8) is 0 Å². The van der Waals surface area contributed by atoms with Gasteiger partial charge in [0, 0.05) is 48.5 Å². The van der Waals surface area contributed by atoms with Crippen molar-refractivity contribution in [1.82, 2.24) is 24.6 Å². The molecular formula is C33H38N6O2S. The van der Waals surface area contributed by atoms with Gasteiger partial charge in [-0.15, -0.1) is 0 Å². The number of anilines is 1. The van der Waals surface area contributed by atoms with E-state index in [4.69, 9.17) is 10.1 Å². The number of benzene rings is 1. The Morgan fingerprint density at radius 2 is 1.88 bits per heavy atom. The maximum atomic E-state index is 13.3. The Hall–Kier alpha value is -3.69. The number of ketones is 1. The van der Waals surface area contributed by atoms with Gasteiger partial charge in [-0.3, -0.25) is 14.6 Å². The van der Waals surface area contributed by atoms with Crippen LogP contribution in [0, 0.1) is 5.92 Å². The van der Waals surface area contributed by atoms with Crippen LogP contribution < -0.4 is 5.32 Å². The SMILES string of the molecule is CCCN(C)C1CCC(CC(=O)c2ccc(-n3nc(-c4cccnc4)c4c3-c3sc(NC(C)=O)nc3CC4)cc2)CC1. The van der Waals surface area contributed by atoms with E-state index in [-0.39, 0.29) is 11.7 Å². The number of pyridine rings is 1. The average molecular weight is 583 g/mol. The first-order chi connectivity index (χ1) is 20.4. The average Bonchev–Trinajstić information content (AvgIpc) is 3.59. The Morgan fingerprint density at radius 1 is 1.10 bits per heavy atom. The van der Waals surface area contributed by atoms with Crippen molar-refractivity contribution in [3.05, 3.63) is 65.6 Å². The van der Waals surface area contributed by atoms with Crippen molar-refractivity contribution < 1.29 is 9.59 Å². The summed E-state index contributed by atoms with van der Waals surface area (Å²) in [5.41, 5.74) is 6.62. The zero-order chi connectivity index (χ0) is 29.2. The van der Waals surface area contributed by atoms with Gasteiger partial charge in [-0.2, -0.15) is 5.10 Å². The number of amides is 1. The number of Topliss-reactive ketones (excluding diaryl/α,β-unsaturated/α-hetero) is 1. The standard InChI is InChI=1S/C33H38N6O2S/c1-4-18-38(3)25-11-7-22(8-12-25)19-29(41)23-9-13-26(14-10-23)39-31-27(30(37-39)24-6-5-17-34-20-24)15-16-28-32(31)42-33(36-28)35-21(2)40/h5-6,9-10,13-14,17,20,22,25H,4,7-8,11-12,15-16,18-19H2,1-3H3,(H,35,36,40). The molecule has 0 radical (unpaired) electrons. The number of hydrogen-bond donors (Lipinski definition) is 1. The summed E-state index contributed by atoms with van der Waals surface area (Å²) in [6, 6.07) is 12.5. The van der Waals surface area contributed by atoms with E-state index in [0.717, 1.165) is 76.6 Å². The number of carbonyl (C=O) groups excluding carboxylic acids is 2. The van der Waals surface area contributed by atoms with E-state index in [1.807, 2.05) is 47.3 Å². The van der Waals surface area contributed by atoms with Crippen molar-refractivity contribution in [3.8, 4) is 27.5 Å². The number of carbonyl (C=O) groups is 2. The molecule has 218 valence electrons. The third kappa shape index (κ3) is 5.80. The van der Waals surface area contributed by atoms with Crippen molar-refractivity contribution in [2.45, 2.75) is 71.3 Å². The fraction of sp³-hybridized carbons (Fsp3) is 0.424. The number of nitrogens with one attached hydrogen (secondary N) is 1. The summed E-state index contributed by atoms with van der Waals surface area (Å²) in [6.45, 7) is 4.87. The van der Waals surface area contributed by atoms with E-state index in [9.17, 15) is 9.59 Å². The number of rotatable bonds is 9. The molecule has 0 bridgehead atoms. The molecule has 3 aromatic heterocycles. The fourth-order valence-electron chi connectivity index (χ4n) is 6.49. The highest BCUT2D eigenvalue weighted by atomic mass is 32.1. The lowest BCUT2D eigenvalue weighted by atomic mass is 9.82. The van der Waals surface area contributed by atoms with Gasteiger partial charge >= 0.3 is 0 Å². The minimum absolute atomic E-state index is 0.136. The van der Waals surface area contributed by atoms with Gasteiger partial charge in [-0.05, 0) is 101 Å². The zero-order valence-corrected chi connectivity index (χ0v) is 25.4. The molecule has 0 spiro atoms. The van der Waals surface area contributed by atoms with Crippen LogP contribution in [0.5, 0.6) is 0 Å².